The van der Waals surface area contributed by atoms with Crippen molar-refractivity contribution in [3.63, 3.8) is 0 Å². The van der Waals surface area contributed by atoms with Crippen LogP contribution in [0.15, 0.2) is 0 Å². The minimum atomic E-state index is -0.549. The molecule has 0 saturated carbocycles. The van der Waals surface area contributed by atoms with Gasteiger partial charge in [0, 0.05) is 0 Å². The Bertz CT molecular complexity index is 197. The van der Waals surface area contributed by atoms with Crippen molar-refractivity contribution in [2.45, 2.75) is 31.1 Å². The van der Waals surface area contributed by atoms with E-state index < -0.39 is 10.4 Å². The topological polar surface area (TPSA) is 95.4 Å². The third-order valence-corrected chi connectivity index (χ3v) is 1.55. The summed E-state index contributed by atoms with van der Waals surface area (Å²) in [5.74, 6) is -0.715. The Morgan fingerprint density at radius 1 is 1.43 bits per heavy atom. The lowest BCUT2D eigenvalue weighted by Gasteiger charge is -2.07. The van der Waals surface area contributed by atoms with E-state index in [0.29, 0.717) is 0 Å². The minimum absolute atomic E-state index is 0.340. The van der Waals surface area contributed by atoms with Gasteiger partial charge in [0.1, 0.15) is 6.04 Å². The third kappa shape index (κ3) is 9.47. The van der Waals surface area contributed by atoms with Crippen molar-refractivity contribution in [2.24, 2.45) is 11.5 Å². The highest BCUT2D eigenvalue weighted by Crippen LogP contribution is 2.13. The van der Waals surface area contributed by atoms with E-state index in [1.165, 1.54) is 7.11 Å². The lowest BCUT2D eigenvalue weighted by Crippen LogP contribution is -2.31. The summed E-state index contributed by atoms with van der Waals surface area (Å²) < 4.78 is 3.70. The van der Waals surface area contributed by atoms with Gasteiger partial charge in [0.25, 0.3) is 0 Å². The third-order valence-electron chi connectivity index (χ3n) is 1.16. The smallest absolute Gasteiger partial charge is 0.322 e. The first kappa shape index (κ1) is 15.8. The molecule has 0 unspecified atom stereocenters. The molecule has 0 bridgehead atoms. The summed E-state index contributed by atoms with van der Waals surface area (Å²) in [6.45, 7) is 4.98. The van der Waals surface area contributed by atoms with Gasteiger partial charge >= 0.3 is 5.97 Å². The maximum absolute atomic E-state index is 10.2. The van der Waals surface area contributed by atoms with Gasteiger partial charge in [0.15, 0.2) is 0 Å². The lowest BCUT2D eigenvalue weighted by molar-refractivity contribution is -0.141. The van der Waals surface area contributed by atoms with Gasteiger partial charge in [0.05, 0.1) is 11.4 Å². The van der Waals surface area contributed by atoms with Gasteiger partial charge in [-0.25, -0.2) is 0 Å². The highest BCUT2D eigenvalue weighted by atomic mass is 79.9. The highest BCUT2D eigenvalue weighted by Gasteiger charge is 2.18. The average molecular weight is 269 g/mol. The van der Waals surface area contributed by atoms with Crippen LogP contribution in [0.25, 0.3) is 0 Å². The molecule has 1 atom stereocenters. The summed E-state index contributed by atoms with van der Waals surface area (Å²) in [5, 5.41) is 0. The van der Waals surface area contributed by atoms with Gasteiger partial charge in [-0.3, -0.25) is 9.59 Å². The first-order valence-electron chi connectivity index (χ1n) is 3.95. The molecule has 14 heavy (non-hydrogen) atoms. The number of primary amides is 1. The van der Waals surface area contributed by atoms with Crippen molar-refractivity contribution in [1.82, 2.24) is 0 Å². The van der Waals surface area contributed by atoms with E-state index >= 15 is 0 Å². The van der Waals surface area contributed by atoms with Crippen molar-refractivity contribution >= 4 is 27.8 Å². The van der Waals surface area contributed by atoms with E-state index in [9.17, 15) is 9.59 Å². The Morgan fingerprint density at radius 2 is 1.71 bits per heavy atom. The van der Waals surface area contributed by atoms with E-state index in [4.69, 9.17) is 11.5 Å². The summed E-state index contributed by atoms with van der Waals surface area (Å²) in [6, 6.07) is -0.495. The minimum Gasteiger partial charge on any atom is -0.468 e. The van der Waals surface area contributed by atoms with Crippen molar-refractivity contribution in [1.29, 1.82) is 0 Å². The number of rotatable bonds is 2. The molecule has 0 aromatic heterocycles. The first-order chi connectivity index (χ1) is 6.12. The zero-order chi connectivity index (χ0) is 11.9. The monoisotopic (exact) mass is 268 g/mol. The number of carbonyl (C=O) groups is 2. The van der Waals surface area contributed by atoms with Crippen molar-refractivity contribution in [2.75, 3.05) is 7.11 Å². The van der Waals surface area contributed by atoms with Crippen LogP contribution in [0.4, 0.5) is 0 Å². The van der Waals surface area contributed by atoms with Crippen LogP contribution in [0.3, 0.4) is 0 Å². The zero-order valence-corrected chi connectivity index (χ0v) is 10.4. The number of alkyl halides is 1. The fraction of sp³-hybridized carbons (Fsp3) is 0.750. The average Bonchev–Trinajstić information content (AvgIpc) is 2.02. The SMILES string of the molecule is CC(C)(Br)C(N)=O.COC(=O)[C@H](C)N. The second-order valence-electron chi connectivity index (χ2n) is 3.15. The number of esters is 1. The lowest BCUT2D eigenvalue weighted by atomic mass is 10.2. The highest BCUT2D eigenvalue weighted by molar-refractivity contribution is 9.10. The van der Waals surface area contributed by atoms with Crippen LogP contribution in [0.1, 0.15) is 20.8 Å². The first-order valence-corrected chi connectivity index (χ1v) is 4.74. The summed E-state index contributed by atoms with van der Waals surface area (Å²) in [4.78, 5) is 20.4. The molecular formula is C8H17BrN2O3. The second-order valence-corrected chi connectivity index (χ2v) is 5.13. The van der Waals surface area contributed by atoms with Gasteiger partial charge in [-0.05, 0) is 20.8 Å². The van der Waals surface area contributed by atoms with Crippen molar-refractivity contribution in [3.05, 3.63) is 0 Å². The number of methoxy groups -OCH3 is 1. The normalized spacial score (nSPS) is 12.1. The molecule has 1 amide bonds. The molecule has 0 aliphatic rings. The van der Waals surface area contributed by atoms with Crippen LogP contribution < -0.4 is 11.5 Å². The van der Waals surface area contributed by atoms with Crippen LogP contribution in [-0.4, -0.2) is 29.4 Å². The number of halogens is 1. The Balaban J connectivity index is 0. The number of ether oxygens (including phenoxy) is 1. The summed E-state index contributed by atoms with van der Waals surface area (Å²) >= 11 is 3.07. The quantitative estimate of drug-likeness (QED) is 0.551. The number of amides is 1. The standard InChI is InChI=1S/C4H8BrNO.C4H9NO2/c1-4(2,5)3(6)7;1-3(5)4(6)7-2/h1-2H3,(H2,6,7);3H,5H2,1-2H3/t;3-/m.0/s1. The van der Waals surface area contributed by atoms with Crippen LogP contribution in [0.5, 0.6) is 0 Å². The predicted molar refractivity (Wildman–Crippen MR) is 57.9 cm³/mol. The number of hydrogen-bond acceptors (Lipinski definition) is 4. The summed E-state index contributed by atoms with van der Waals surface area (Å²) in [5.41, 5.74) is 9.96. The molecule has 0 aromatic carbocycles. The van der Waals surface area contributed by atoms with E-state index in [1.807, 2.05) is 0 Å². The van der Waals surface area contributed by atoms with Gasteiger partial charge in [-0.2, -0.15) is 0 Å². The van der Waals surface area contributed by atoms with E-state index in [1.54, 1.807) is 20.8 Å². The Morgan fingerprint density at radius 3 is 1.71 bits per heavy atom. The molecular weight excluding hydrogens is 252 g/mol. The Kier molecular flexibility index (Phi) is 7.67. The van der Waals surface area contributed by atoms with Gasteiger partial charge < -0.3 is 16.2 Å². The van der Waals surface area contributed by atoms with Crippen LogP contribution in [0.2, 0.25) is 0 Å². The molecule has 0 aliphatic carbocycles. The molecule has 0 aliphatic heterocycles. The van der Waals surface area contributed by atoms with Crippen molar-refractivity contribution < 1.29 is 14.3 Å². The van der Waals surface area contributed by atoms with Gasteiger partial charge in [0.2, 0.25) is 5.91 Å². The van der Waals surface area contributed by atoms with E-state index in [0.717, 1.165) is 0 Å². The number of hydrogen-bond donors (Lipinski definition) is 2. The maximum atomic E-state index is 10.2. The number of carbonyl (C=O) groups excluding carboxylic acids is 2. The molecule has 0 rings (SSSR count). The zero-order valence-electron chi connectivity index (χ0n) is 8.83. The van der Waals surface area contributed by atoms with E-state index in [2.05, 4.69) is 20.7 Å². The molecule has 0 heterocycles. The second kappa shape index (κ2) is 6.78. The van der Waals surface area contributed by atoms with E-state index in [-0.39, 0.29) is 11.9 Å². The summed E-state index contributed by atoms with van der Waals surface area (Å²) in [6.07, 6.45) is 0. The Hall–Kier alpha value is -0.620. The van der Waals surface area contributed by atoms with Crippen LogP contribution in [-0.2, 0) is 14.3 Å². The van der Waals surface area contributed by atoms with Crippen LogP contribution in [0, 0.1) is 0 Å². The summed E-state index contributed by atoms with van der Waals surface area (Å²) in [7, 11) is 1.31. The molecule has 0 spiro atoms. The molecule has 0 fully saturated rings. The van der Waals surface area contributed by atoms with Gasteiger partial charge in [-0.15, -0.1) is 0 Å². The molecule has 0 radical (unpaired) electrons. The maximum Gasteiger partial charge on any atom is 0.322 e. The Labute approximate surface area is 92.3 Å². The van der Waals surface area contributed by atoms with Crippen LogP contribution >= 0.6 is 15.9 Å². The molecule has 5 nitrogen and oxygen atoms in total. The largest absolute Gasteiger partial charge is 0.468 e. The fourth-order valence-corrected chi connectivity index (χ4v) is 0.186. The van der Waals surface area contributed by atoms with Gasteiger partial charge in [-0.1, -0.05) is 15.9 Å². The molecule has 4 N–H and O–H groups in total. The fourth-order valence-electron chi connectivity index (χ4n) is 0.186. The molecule has 0 saturated heterocycles. The number of nitrogens with two attached hydrogens (primary N) is 2. The molecule has 0 aromatic rings. The molecule has 6 heteroatoms. The predicted octanol–water partition coefficient (Wildman–Crippen LogP) is 0.152. The molecule has 84 valence electrons. The van der Waals surface area contributed by atoms with Crippen molar-refractivity contribution in [3.8, 4) is 0 Å².